The molecule has 0 aliphatic carbocycles. The molecular weight excluding hydrogens is 204 g/mol. The number of carbonyl (C=O) groups is 2. The van der Waals surface area contributed by atoms with Crippen LogP contribution in [0.2, 0.25) is 0 Å². The van der Waals surface area contributed by atoms with E-state index in [-0.39, 0.29) is 19.4 Å². The van der Waals surface area contributed by atoms with Crippen molar-refractivity contribution >= 4 is 11.9 Å². The van der Waals surface area contributed by atoms with Crippen molar-refractivity contribution in [3.8, 4) is 0 Å². The molecule has 0 spiro atoms. The number of aliphatic carboxylic acids is 2. The van der Waals surface area contributed by atoms with Crippen LogP contribution in [-0.2, 0) is 9.59 Å². The van der Waals surface area contributed by atoms with Gasteiger partial charge in [0.15, 0.2) is 0 Å². The standard InChI is InChI=1S/C8H14N2O5/c11-7(12)3-1-2-5-10(9-15)6-4-8(13)14/h1-6H2,(H,11,12)(H,13,14). The van der Waals surface area contributed by atoms with Gasteiger partial charge in [0.25, 0.3) is 0 Å². The first-order chi connectivity index (χ1) is 7.06. The quantitative estimate of drug-likeness (QED) is 0.335. The molecule has 0 atom stereocenters. The van der Waals surface area contributed by atoms with E-state index < -0.39 is 11.9 Å². The summed E-state index contributed by atoms with van der Waals surface area (Å²) in [6.45, 7) is 0.357. The highest BCUT2D eigenvalue weighted by molar-refractivity contribution is 5.67. The molecule has 0 aromatic rings. The van der Waals surface area contributed by atoms with Crippen LogP contribution >= 0.6 is 0 Å². The molecule has 0 aliphatic rings. The predicted molar refractivity (Wildman–Crippen MR) is 51.1 cm³/mol. The molecule has 0 bridgehead atoms. The molecule has 7 heteroatoms. The third-order valence-corrected chi connectivity index (χ3v) is 1.76. The van der Waals surface area contributed by atoms with Crippen molar-refractivity contribution < 1.29 is 19.8 Å². The Kier molecular flexibility index (Phi) is 6.86. The van der Waals surface area contributed by atoms with Crippen LogP contribution in [0, 0.1) is 4.91 Å². The zero-order valence-corrected chi connectivity index (χ0v) is 8.26. The highest BCUT2D eigenvalue weighted by atomic mass is 16.4. The Morgan fingerprint density at radius 3 is 2.07 bits per heavy atom. The normalized spacial score (nSPS) is 9.60. The van der Waals surface area contributed by atoms with Gasteiger partial charge in [-0.05, 0) is 12.8 Å². The van der Waals surface area contributed by atoms with E-state index >= 15 is 0 Å². The van der Waals surface area contributed by atoms with Crippen LogP contribution in [0.1, 0.15) is 25.7 Å². The van der Waals surface area contributed by atoms with Crippen LogP contribution < -0.4 is 0 Å². The van der Waals surface area contributed by atoms with Crippen LogP contribution in [0.5, 0.6) is 0 Å². The van der Waals surface area contributed by atoms with Gasteiger partial charge in [-0.1, -0.05) is 0 Å². The first kappa shape index (κ1) is 13.3. The summed E-state index contributed by atoms with van der Waals surface area (Å²) in [6, 6.07) is 0. The van der Waals surface area contributed by atoms with Crippen LogP contribution in [0.4, 0.5) is 0 Å². The minimum Gasteiger partial charge on any atom is -0.481 e. The molecule has 15 heavy (non-hydrogen) atoms. The van der Waals surface area contributed by atoms with E-state index in [1.54, 1.807) is 0 Å². The molecule has 0 fully saturated rings. The highest BCUT2D eigenvalue weighted by Crippen LogP contribution is 2.00. The molecule has 0 amide bonds. The Balaban J connectivity index is 3.57. The van der Waals surface area contributed by atoms with Crippen molar-refractivity contribution in [3.63, 3.8) is 0 Å². The summed E-state index contributed by atoms with van der Waals surface area (Å²) >= 11 is 0. The number of carboxylic acid groups (broad SMARTS) is 2. The minimum absolute atomic E-state index is 0.0472. The molecular formula is C8H14N2O5. The zero-order valence-electron chi connectivity index (χ0n) is 8.26. The number of hydrogen-bond donors (Lipinski definition) is 2. The molecule has 2 N–H and O–H groups in total. The maximum Gasteiger partial charge on any atom is 0.305 e. The minimum atomic E-state index is -0.991. The maximum atomic E-state index is 10.2. The van der Waals surface area contributed by atoms with Crippen molar-refractivity contribution in [3.05, 3.63) is 4.91 Å². The molecule has 0 aromatic carbocycles. The third-order valence-electron chi connectivity index (χ3n) is 1.76. The lowest BCUT2D eigenvalue weighted by atomic mass is 10.2. The van der Waals surface area contributed by atoms with Crippen LogP contribution in [0.3, 0.4) is 0 Å². The summed E-state index contributed by atoms with van der Waals surface area (Å²) in [7, 11) is 0. The SMILES string of the molecule is O=NN(CCCCC(=O)O)CCC(=O)O. The summed E-state index contributed by atoms with van der Waals surface area (Å²) in [5, 5.41) is 20.4. The monoisotopic (exact) mass is 218 g/mol. The zero-order chi connectivity index (χ0) is 11.7. The summed E-state index contributed by atoms with van der Waals surface area (Å²) in [6.07, 6.45) is 0.863. The average molecular weight is 218 g/mol. The van der Waals surface area contributed by atoms with Crippen molar-refractivity contribution in [1.29, 1.82) is 0 Å². The van der Waals surface area contributed by atoms with Crippen molar-refractivity contribution in [2.24, 2.45) is 5.29 Å². The van der Waals surface area contributed by atoms with Gasteiger partial charge in [0.1, 0.15) is 0 Å². The van der Waals surface area contributed by atoms with E-state index in [4.69, 9.17) is 10.2 Å². The summed E-state index contributed by atoms with van der Waals surface area (Å²) in [5.41, 5.74) is 0. The van der Waals surface area contributed by atoms with Gasteiger partial charge in [0, 0.05) is 19.5 Å². The van der Waals surface area contributed by atoms with Gasteiger partial charge in [-0.3, -0.25) is 14.6 Å². The van der Waals surface area contributed by atoms with Gasteiger partial charge >= 0.3 is 11.9 Å². The largest absolute Gasteiger partial charge is 0.481 e. The lowest BCUT2D eigenvalue weighted by Gasteiger charge is -2.12. The number of hydrogen-bond acceptors (Lipinski definition) is 4. The first-order valence-electron chi connectivity index (χ1n) is 4.58. The number of rotatable bonds is 9. The molecule has 0 aliphatic heterocycles. The molecule has 0 rings (SSSR count). The van der Waals surface area contributed by atoms with E-state index in [9.17, 15) is 14.5 Å². The Hall–Kier alpha value is -1.66. The smallest absolute Gasteiger partial charge is 0.305 e. The molecule has 0 aromatic heterocycles. The fourth-order valence-electron chi connectivity index (χ4n) is 0.989. The summed E-state index contributed by atoms with van der Waals surface area (Å²) < 4.78 is 0. The van der Waals surface area contributed by atoms with Gasteiger partial charge in [0.05, 0.1) is 11.7 Å². The Bertz CT molecular complexity index is 231. The third kappa shape index (κ3) is 8.66. The van der Waals surface area contributed by atoms with Gasteiger partial charge in [-0.25, -0.2) is 0 Å². The van der Waals surface area contributed by atoms with E-state index in [2.05, 4.69) is 5.29 Å². The van der Waals surface area contributed by atoms with Gasteiger partial charge in [-0.2, -0.15) is 0 Å². The van der Waals surface area contributed by atoms with Crippen molar-refractivity contribution in [1.82, 2.24) is 5.01 Å². The molecule has 0 radical (unpaired) electrons. The van der Waals surface area contributed by atoms with Gasteiger partial charge in [0.2, 0.25) is 0 Å². The van der Waals surface area contributed by atoms with Gasteiger partial charge < -0.3 is 10.2 Å². The molecule has 0 heterocycles. The van der Waals surface area contributed by atoms with Crippen molar-refractivity contribution in [2.45, 2.75) is 25.7 Å². The lowest BCUT2D eigenvalue weighted by Crippen LogP contribution is -2.21. The first-order valence-corrected chi connectivity index (χ1v) is 4.58. The van der Waals surface area contributed by atoms with E-state index in [0.717, 1.165) is 5.01 Å². The topological polar surface area (TPSA) is 107 Å². The predicted octanol–water partition coefficient (Wildman–Crippen LogP) is 0.699. The Labute approximate surface area is 86.6 Å². The van der Waals surface area contributed by atoms with E-state index in [0.29, 0.717) is 19.4 Å². The molecule has 0 saturated carbocycles. The molecule has 0 unspecified atom stereocenters. The maximum absolute atomic E-state index is 10.2. The van der Waals surface area contributed by atoms with Crippen LogP contribution in [-0.4, -0.2) is 40.3 Å². The summed E-state index contributed by atoms with van der Waals surface area (Å²) in [4.78, 5) is 30.6. The number of unbranched alkanes of at least 4 members (excludes halogenated alkanes) is 1. The summed E-state index contributed by atoms with van der Waals surface area (Å²) in [5.74, 6) is -1.87. The molecule has 86 valence electrons. The second-order valence-electron chi connectivity index (χ2n) is 3.03. The number of nitrogens with zero attached hydrogens (tertiary/aromatic N) is 2. The van der Waals surface area contributed by atoms with E-state index in [1.807, 2.05) is 0 Å². The number of carboxylic acids is 2. The lowest BCUT2D eigenvalue weighted by molar-refractivity contribution is -0.138. The molecule has 7 nitrogen and oxygen atoms in total. The van der Waals surface area contributed by atoms with Crippen LogP contribution in [0.15, 0.2) is 5.29 Å². The highest BCUT2D eigenvalue weighted by Gasteiger charge is 2.06. The van der Waals surface area contributed by atoms with Crippen LogP contribution in [0.25, 0.3) is 0 Å². The Morgan fingerprint density at radius 2 is 1.60 bits per heavy atom. The fourth-order valence-corrected chi connectivity index (χ4v) is 0.989. The second-order valence-corrected chi connectivity index (χ2v) is 3.03. The van der Waals surface area contributed by atoms with E-state index in [1.165, 1.54) is 0 Å². The molecule has 0 saturated heterocycles. The number of nitroso groups, excluding NO2 is 1. The second kappa shape index (κ2) is 7.72. The average Bonchev–Trinajstić information content (AvgIpc) is 2.16. The van der Waals surface area contributed by atoms with Crippen molar-refractivity contribution in [2.75, 3.05) is 13.1 Å². The Morgan fingerprint density at radius 1 is 1.00 bits per heavy atom. The fraction of sp³-hybridized carbons (Fsp3) is 0.750. The van der Waals surface area contributed by atoms with Gasteiger partial charge in [-0.15, -0.1) is 4.91 Å².